The van der Waals surface area contributed by atoms with E-state index in [0.29, 0.717) is 29.4 Å². The number of carbonyl (C=O) groups excluding carboxylic acids is 1. The molecule has 0 heterocycles. The molecule has 4 nitrogen and oxygen atoms in total. The van der Waals surface area contributed by atoms with Gasteiger partial charge in [0.1, 0.15) is 5.75 Å². The number of hydrogen-bond acceptors (Lipinski definition) is 3. The van der Waals surface area contributed by atoms with Gasteiger partial charge in [-0.25, -0.2) is 0 Å². The molecule has 1 unspecified atom stereocenters. The van der Waals surface area contributed by atoms with Crippen molar-refractivity contribution in [2.45, 2.75) is 59.7 Å². The summed E-state index contributed by atoms with van der Waals surface area (Å²) in [5, 5.41) is 3.60. The van der Waals surface area contributed by atoms with Gasteiger partial charge in [0.15, 0.2) is 6.10 Å². The Labute approximate surface area is 145 Å². The lowest BCUT2D eigenvalue weighted by Gasteiger charge is -2.30. The van der Waals surface area contributed by atoms with E-state index in [-0.39, 0.29) is 5.91 Å². The number of carbonyl (C=O) groups is 1. The van der Waals surface area contributed by atoms with Crippen molar-refractivity contribution < 1.29 is 9.53 Å². The van der Waals surface area contributed by atoms with Crippen LogP contribution in [0.15, 0.2) is 18.2 Å². The van der Waals surface area contributed by atoms with Crippen molar-refractivity contribution in [3.05, 3.63) is 28.8 Å². The van der Waals surface area contributed by atoms with Crippen molar-refractivity contribution in [2.75, 3.05) is 13.1 Å². The molecule has 0 bridgehead atoms. The van der Waals surface area contributed by atoms with Crippen LogP contribution in [0.25, 0.3) is 0 Å². The normalized spacial score (nSPS) is 12.8. The zero-order valence-corrected chi connectivity index (χ0v) is 15.8. The molecule has 0 saturated heterocycles. The zero-order valence-electron chi connectivity index (χ0n) is 15.0. The summed E-state index contributed by atoms with van der Waals surface area (Å²) in [5.41, 5.74) is 0.919. The topological polar surface area (TPSA) is 41.6 Å². The van der Waals surface area contributed by atoms with Crippen LogP contribution in [0.2, 0.25) is 5.02 Å². The Morgan fingerprint density at radius 2 is 1.83 bits per heavy atom. The van der Waals surface area contributed by atoms with Crippen LogP contribution in [-0.2, 0) is 4.79 Å². The van der Waals surface area contributed by atoms with Gasteiger partial charge in [-0.1, -0.05) is 11.6 Å². The van der Waals surface area contributed by atoms with Crippen molar-refractivity contribution in [1.82, 2.24) is 10.2 Å². The second-order valence-corrected chi connectivity index (χ2v) is 6.82. The highest BCUT2D eigenvalue weighted by Gasteiger charge is 2.17. The van der Waals surface area contributed by atoms with Crippen molar-refractivity contribution in [1.29, 1.82) is 0 Å². The van der Waals surface area contributed by atoms with Gasteiger partial charge in [0.2, 0.25) is 0 Å². The summed E-state index contributed by atoms with van der Waals surface area (Å²) < 4.78 is 5.73. The maximum Gasteiger partial charge on any atom is 0.260 e. The summed E-state index contributed by atoms with van der Waals surface area (Å²) in [6.07, 6.45) is -0.540. The van der Waals surface area contributed by atoms with E-state index in [1.165, 1.54) is 0 Å². The number of nitrogens with zero attached hydrogens (tertiary/aromatic N) is 1. The first kappa shape index (κ1) is 19.8. The van der Waals surface area contributed by atoms with Gasteiger partial charge < -0.3 is 10.1 Å². The van der Waals surface area contributed by atoms with Crippen LogP contribution in [0.1, 0.15) is 40.2 Å². The molecule has 0 fully saturated rings. The molecular weight excluding hydrogens is 312 g/mol. The van der Waals surface area contributed by atoms with Crippen LogP contribution in [-0.4, -0.2) is 42.1 Å². The maximum atomic E-state index is 12.2. The van der Waals surface area contributed by atoms with Crippen LogP contribution >= 0.6 is 11.6 Å². The third-order valence-electron chi connectivity index (χ3n) is 3.81. The molecule has 0 aliphatic rings. The third kappa shape index (κ3) is 6.40. The molecule has 5 heteroatoms. The van der Waals surface area contributed by atoms with Crippen molar-refractivity contribution >= 4 is 17.5 Å². The number of rotatable bonds is 8. The molecule has 0 radical (unpaired) electrons. The van der Waals surface area contributed by atoms with E-state index in [9.17, 15) is 4.79 Å². The Bertz CT molecular complexity index is 510. The van der Waals surface area contributed by atoms with Crippen LogP contribution in [0.4, 0.5) is 0 Å². The lowest BCUT2D eigenvalue weighted by molar-refractivity contribution is -0.127. The van der Waals surface area contributed by atoms with Gasteiger partial charge in [0.05, 0.1) is 0 Å². The molecule has 1 aromatic rings. The highest BCUT2D eigenvalue weighted by Crippen LogP contribution is 2.22. The number of ether oxygens (including phenoxy) is 1. The van der Waals surface area contributed by atoms with Gasteiger partial charge in [0.25, 0.3) is 5.91 Å². The van der Waals surface area contributed by atoms with E-state index in [1.54, 1.807) is 19.1 Å². The van der Waals surface area contributed by atoms with Crippen LogP contribution in [0.3, 0.4) is 0 Å². The van der Waals surface area contributed by atoms with Crippen molar-refractivity contribution in [3.8, 4) is 5.75 Å². The number of nitrogens with one attached hydrogen (secondary N) is 1. The average Bonchev–Trinajstić information content (AvgIpc) is 2.45. The molecule has 23 heavy (non-hydrogen) atoms. The highest BCUT2D eigenvalue weighted by atomic mass is 35.5. The van der Waals surface area contributed by atoms with E-state index in [2.05, 4.69) is 37.9 Å². The summed E-state index contributed by atoms with van der Waals surface area (Å²) in [7, 11) is 0. The Hall–Kier alpha value is -1.26. The van der Waals surface area contributed by atoms with E-state index < -0.39 is 6.10 Å². The number of benzene rings is 1. The molecule has 1 rings (SSSR count). The third-order valence-corrected chi connectivity index (χ3v) is 4.04. The lowest BCUT2D eigenvalue weighted by atomic mass is 10.2. The molecule has 130 valence electrons. The van der Waals surface area contributed by atoms with Gasteiger partial charge in [-0.3, -0.25) is 9.69 Å². The number of aryl methyl sites for hydroxylation is 1. The Kier molecular flexibility index (Phi) is 7.86. The van der Waals surface area contributed by atoms with Crippen molar-refractivity contribution in [3.63, 3.8) is 0 Å². The van der Waals surface area contributed by atoms with Gasteiger partial charge in [-0.15, -0.1) is 0 Å². The largest absolute Gasteiger partial charge is 0.481 e. The summed E-state index contributed by atoms with van der Waals surface area (Å²) in [6, 6.07) is 6.29. The summed E-state index contributed by atoms with van der Waals surface area (Å²) in [4.78, 5) is 14.5. The molecule has 1 aromatic carbocycles. The quantitative estimate of drug-likeness (QED) is 0.785. The molecule has 1 N–H and O–H groups in total. The first-order chi connectivity index (χ1) is 10.7. The van der Waals surface area contributed by atoms with E-state index in [4.69, 9.17) is 16.3 Å². The monoisotopic (exact) mass is 340 g/mol. The van der Waals surface area contributed by atoms with E-state index >= 15 is 0 Å². The predicted molar refractivity (Wildman–Crippen MR) is 96.3 cm³/mol. The molecule has 1 amide bonds. The second kappa shape index (κ2) is 9.14. The maximum absolute atomic E-state index is 12.2. The predicted octanol–water partition coefficient (Wildman–Crippen LogP) is 3.65. The zero-order chi connectivity index (χ0) is 17.6. The van der Waals surface area contributed by atoms with Gasteiger partial charge in [-0.05, 0) is 65.3 Å². The Balaban J connectivity index is 2.48. The number of halogens is 1. The van der Waals surface area contributed by atoms with Crippen molar-refractivity contribution in [2.24, 2.45) is 0 Å². The number of hydrogen-bond donors (Lipinski definition) is 1. The smallest absolute Gasteiger partial charge is 0.260 e. The first-order valence-electron chi connectivity index (χ1n) is 8.18. The molecule has 0 saturated carbocycles. The molecule has 1 atom stereocenters. The average molecular weight is 341 g/mol. The van der Waals surface area contributed by atoms with Gasteiger partial charge in [-0.2, -0.15) is 0 Å². The molecular formula is C18H29ClN2O2. The summed E-state index contributed by atoms with van der Waals surface area (Å²) in [5.74, 6) is 0.579. The fraction of sp³-hybridized carbons (Fsp3) is 0.611. The minimum absolute atomic E-state index is 0.105. The highest BCUT2D eigenvalue weighted by molar-refractivity contribution is 6.30. The molecule has 0 aliphatic carbocycles. The molecule has 0 spiro atoms. The van der Waals surface area contributed by atoms with E-state index in [0.717, 1.165) is 12.1 Å². The SMILES string of the molecule is Cc1cc(Cl)ccc1OC(C)C(=O)NCCN(C(C)C)C(C)C. The molecule has 0 aliphatic heterocycles. The minimum Gasteiger partial charge on any atom is -0.481 e. The number of amides is 1. The summed E-state index contributed by atoms with van der Waals surface area (Å²) in [6.45, 7) is 13.8. The lowest BCUT2D eigenvalue weighted by Crippen LogP contribution is -2.44. The van der Waals surface area contributed by atoms with Crippen LogP contribution in [0.5, 0.6) is 5.75 Å². The van der Waals surface area contributed by atoms with Crippen LogP contribution < -0.4 is 10.1 Å². The summed E-state index contributed by atoms with van der Waals surface area (Å²) >= 11 is 5.93. The van der Waals surface area contributed by atoms with E-state index in [1.807, 2.05) is 13.0 Å². The fourth-order valence-corrected chi connectivity index (χ4v) is 2.78. The standard InChI is InChI=1S/C18H29ClN2O2/c1-12(2)21(13(3)4)10-9-20-18(22)15(6)23-17-8-7-16(19)11-14(17)5/h7-8,11-13,15H,9-10H2,1-6H3,(H,20,22). The minimum atomic E-state index is -0.540. The van der Waals surface area contributed by atoms with Gasteiger partial charge in [0, 0.05) is 30.2 Å². The Morgan fingerprint density at radius 1 is 1.22 bits per heavy atom. The molecule has 0 aromatic heterocycles. The second-order valence-electron chi connectivity index (χ2n) is 6.39. The Morgan fingerprint density at radius 3 is 2.35 bits per heavy atom. The van der Waals surface area contributed by atoms with Gasteiger partial charge >= 0.3 is 0 Å². The fourth-order valence-electron chi connectivity index (χ4n) is 2.55. The van der Waals surface area contributed by atoms with Crippen LogP contribution in [0, 0.1) is 6.92 Å². The first-order valence-corrected chi connectivity index (χ1v) is 8.56.